The third kappa shape index (κ3) is 10.1. The first kappa shape index (κ1) is 52.5. The monoisotopic (exact) mass is 1060 g/mol. The van der Waals surface area contributed by atoms with E-state index in [0.29, 0.717) is 0 Å². The quantitative estimate of drug-likeness (QED) is 0.0845. The molecule has 1 aliphatic heterocycles. The number of benzene rings is 8. The molecule has 0 saturated carbocycles. The van der Waals surface area contributed by atoms with E-state index in [0.717, 1.165) is 55.2 Å². The summed E-state index contributed by atoms with van der Waals surface area (Å²) in [6.07, 6.45) is 22.1. The lowest BCUT2D eigenvalue weighted by Crippen LogP contribution is -2.31. The maximum atomic E-state index is 6.32. The highest BCUT2D eigenvalue weighted by atomic mass is 28.3. The van der Waals surface area contributed by atoms with Gasteiger partial charge in [-0.15, -0.1) is 0 Å². The fourth-order valence-corrected chi connectivity index (χ4v) is 15.2. The van der Waals surface area contributed by atoms with Gasteiger partial charge < -0.3 is 14.5 Å². The van der Waals surface area contributed by atoms with E-state index in [2.05, 4.69) is 281 Å². The number of anilines is 4. The van der Waals surface area contributed by atoms with Crippen LogP contribution in [0.4, 0.5) is 22.7 Å². The summed E-state index contributed by atoms with van der Waals surface area (Å²) in [5.41, 5.74) is 22.7. The van der Waals surface area contributed by atoms with Gasteiger partial charge in [-0.3, -0.25) is 0 Å². The van der Waals surface area contributed by atoms with Gasteiger partial charge in [0.1, 0.15) is 5.75 Å². The molecule has 4 aliphatic rings. The summed E-state index contributed by atoms with van der Waals surface area (Å²) in [6.45, 7) is 20.6. The van der Waals surface area contributed by atoms with Gasteiger partial charge in [-0.05, 0) is 170 Å². The van der Waals surface area contributed by atoms with Crippen LogP contribution in [0.1, 0.15) is 96.9 Å². The van der Waals surface area contributed by atoms with Crippen molar-refractivity contribution in [2.45, 2.75) is 94.4 Å². The number of rotatable bonds is 17. The topological polar surface area (TPSA) is 15.7 Å². The molecular weight excluding hydrogens is 985 g/mol. The van der Waals surface area contributed by atoms with Gasteiger partial charge >= 0.3 is 0 Å². The lowest BCUT2D eigenvalue weighted by atomic mass is 9.69. The van der Waals surface area contributed by atoms with Crippen LogP contribution in [0.2, 0.25) is 25.2 Å². The fourth-order valence-electron chi connectivity index (χ4n) is 13.1. The molecule has 3 atom stereocenters. The SMILES string of the molecule is C=Cc1ccc(OCC[Si](C)(C)CCCC2(c3ccccc3)c3ccccc3-c3ccc(N(C4=CC=CCC4)c4ccc(C5=CC6c7cc(-c8ccc(C(C)(C)C)cc8)ccc7N(c7ccc(C=C)cc7)C6C=C5)cc4)cc32)cc1. The zero-order valence-corrected chi connectivity index (χ0v) is 48.3. The van der Waals surface area contributed by atoms with Gasteiger partial charge in [-0.1, -0.05) is 229 Å². The molecule has 0 saturated heterocycles. The minimum atomic E-state index is -1.62. The standard InChI is InChI=1S/C76H74N2OSi/c1-8-54-25-37-64(38-26-54)78-73-45-33-58(56-29-35-60(36-30-56)75(3,4)5)51-69(73)70-52-59(34-46-74(70)78)57-31-39-63(40-32-57)77(62-21-14-11-15-22-62)65-41-44-68-67-23-16-17-24-71(67)76(72(68)53-65,61-19-12-10-13-20-61)47-18-49-80(6,7)50-48-79-66-42-27-55(9-2)28-43-66/h8-14,16-17,19-21,23-46,51-53,70,74H,1-2,15,18,22,47-50H2,3-7H3. The van der Waals surface area contributed by atoms with Crippen molar-refractivity contribution < 1.29 is 4.74 Å². The van der Waals surface area contributed by atoms with E-state index >= 15 is 0 Å². The molecule has 12 rings (SSSR count). The molecular formula is C76H74N2OSi. The van der Waals surface area contributed by atoms with Crippen molar-refractivity contribution in [3.05, 3.63) is 288 Å². The van der Waals surface area contributed by atoms with Crippen LogP contribution in [0.25, 0.3) is 40.0 Å². The number of allylic oxidation sites excluding steroid dienone is 6. The number of nitrogens with zero attached hydrogens (tertiary/aromatic N) is 2. The zero-order chi connectivity index (χ0) is 55.0. The van der Waals surface area contributed by atoms with Crippen LogP contribution in [0.15, 0.2) is 243 Å². The molecule has 398 valence electrons. The second-order valence-electron chi connectivity index (χ2n) is 24.2. The van der Waals surface area contributed by atoms with Gasteiger partial charge in [0.05, 0.1) is 20.7 Å². The Morgan fingerprint density at radius 2 is 1.35 bits per heavy atom. The molecule has 0 spiro atoms. The van der Waals surface area contributed by atoms with Gasteiger partial charge in [0.2, 0.25) is 0 Å². The summed E-state index contributed by atoms with van der Waals surface area (Å²) < 4.78 is 6.32. The molecule has 0 amide bonds. The van der Waals surface area contributed by atoms with Crippen molar-refractivity contribution in [1.29, 1.82) is 0 Å². The molecule has 3 unspecified atom stereocenters. The summed E-state index contributed by atoms with van der Waals surface area (Å²) in [7, 11) is -1.62. The maximum Gasteiger partial charge on any atom is 0.119 e. The lowest BCUT2D eigenvalue weighted by molar-refractivity contribution is 0.338. The molecule has 0 bridgehead atoms. The van der Waals surface area contributed by atoms with E-state index in [1.807, 2.05) is 12.2 Å². The third-order valence-corrected chi connectivity index (χ3v) is 20.9. The summed E-state index contributed by atoms with van der Waals surface area (Å²) in [4.78, 5) is 5.07. The van der Waals surface area contributed by atoms with Crippen LogP contribution < -0.4 is 14.5 Å². The molecule has 3 nitrogen and oxygen atoms in total. The molecule has 0 N–H and O–H groups in total. The molecule has 3 aliphatic carbocycles. The van der Waals surface area contributed by atoms with Crippen molar-refractivity contribution in [2.24, 2.45) is 0 Å². The van der Waals surface area contributed by atoms with Crippen molar-refractivity contribution in [2.75, 3.05) is 16.4 Å². The first-order valence-corrected chi connectivity index (χ1v) is 32.4. The smallest absolute Gasteiger partial charge is 0.119 e. The third-order valence-electron chi connectivity index (χ3n) is 17.6. The molecule has 80 heavy (non-hydrogen) atoms. The molecule has 1 heterocycles. The summed E-state index contributed by atoms with van der Waals surface area (Å²) >= 11 is 0. The van der Waals surface area contributed by atoms with Crippen LogP contribution in [0.5, 0.6) is 5.75 Å². The van der Waals surface area contributed by atoms with E-state index in [-0.39, 0.29) is 22.8 Å². The number of fused-ring (bicyclic) bond motifs is 6. The number of ether oxygens (including phenoxy) is 1. The van der Waals surface area contributed by atoms with Crippen LogP contribution in [-0.4, -0.2) is 20.7 Å². The lowest BCUT2D eigenvalue weighted by Gasteiger charge is -2.36. The fraction of sp³-hybridized carbons (Fsp3) is 0.211. The Morgan fingerprint density at radius 1 is 0.675 bits per heavy atom. The van der Waals surface area contributed by atoms with E-state index in [1.54, 1.807) is 0 Å². The van der Waals surface area contributed by atoms with Gasteiger partial charge in [0.15, 0.2) is 0 Å². The van der Waals surface area contributed by atoms with E-state index in [1.165, 1.54) is 95.7 Å². The second kappa shape index (κ2) is 21.8. The average Bonchev–Trinajstić information content (AvgIpc) is 4.12. The normalized spacial score (nSPS) is 17.9. The Bertz CT molecular complexity index is 3700. The van der Waals surface area contributed by atoms with Crippen molar-refractivity contribution in [1.82, 2.24) is 0 Å². The van der Waals surface area contributed by atoms with Gasteiger partial charge in [0, 0.05) is 39.8 Å². The van der Waals surface area contributed by atoms with Gasteiger partial charge in [0.25, 0.3) is 0 Å². The highest BCUT2D eigenvalue weighted by Crippen LogP contribution is 2.57. The molecule has 0 aromatic heterocycles. The zero-order valence-electron chi connectivity index (χ0n) is 47.3. The van der Waals surface area contributed by atoms with Gasteiger partial charge in [-0.2, -0.15) is 0 Å². The van der Waals surface area contributed by atoms with Crippen LogP contribution in [-0.2, 0) is 10.8 Å². The highest BCUT2D eigenvalue weighted by Gasteiger charge is 2.45. The largest absolute Gasteiger partial charge is 0.494 e. The van der Waals surface area contributed by atoms with Crippen molar-refractivity contribution >= 4 is 48.5 Å². The first-order chi connectivity index (χ1) is 38.9. The molecule has 0 radical (unpaired) electrons. The molecule has 4 heteroatoms. The Morgan fingerprint density at radius 3 is 2.06 bits per heavy atom. The van der Waals surface area contributed by atoms with E-state index < -0.39 is 8.07 Å². The Balaban J connectivity index is 0.869. The van der Waals surface area contributed by atoms with Crippen LogP contribution >= 0.6 is 0 Å². The minimum absolute atomic E-state index is 0.101. The van der Waals surface area contributed by atoms with Gasteiger partial charge in [-0.25, -0.2) is 0 Å². The molecule has 8 aromatic rings. The first-order valence-electron chi connectivity index (χ1n) is 29.0. The summed E-state index contributed by atoms with van der Waals surface area (Å²) in [5, 5.41) is 0. The van der Waals surface area contributed by atoms with E-state index in [9.17, 15) is 0 Å². The van der Waals surface area contributed by atoms with E-state index in [4.69, 9.17) is 4.74 Å². The Hall–Kier alpha value is -8.18. The van der Waals surface area contributed by atoms with Crippen LogP contribution in [0, 0.1) is 0 Å². The predicted molar refractivity (Wildman–Crippen MR) is 344 cm³/mol. The van der Waals surface area contributed by atoms with Crippen LogP contribution in [0.3, 0.4) is 0 Å². The van der Waals surface area contributed by atoms with Crippen molar-refractivity contribution in [3.63, 3.8) is 0 Å². The average molecular weight is 1060 g/mol. The maximum absolute atomic E-state index is 6.32. The molecule has 0 fully saturated rings. The number of hydrogen-bond acceptors (Lipinski definition) is 3. The number of hydrogen-bond donors (Lipinski definition) is 0. The minimum Gasteiger partial charge on any atom is -0.494 e. The summed E-state index contributed by atoms with van der Waals surface area (Å²) in [6, 6.07) is 73.2. The Kier molecular flexibility index (Phi) is 14.3. The Labute approximate surface area is 477 Å². The highest BCUT2D eigenvalue weighted by molar-refractivity contribution is 6.77. The summed E-state index contributed by atoms with van der Waals surface area (Å²) in [5.74, 6) is 1.10. The second-order valence-corrected chi connectivity index (χ2v) is 29.5. The predicted octanol–water partition coefficient (Wildman–Crippen LogP) is 20.4. The molecule has 8 aromatic carbocycles. The van der Waals surface area contributed by atoms with Crippen molar-refractivity contribution in [3.8, 4) is 28.0 Å².